The molecule has 3 aromatic rings. The van der Waals surface area contributed by atoms with E-state index in [0.717, 1.165) is 37.3 Å². The lowest BCUT2D eigenvalue weighted by molar-refractivity contribution is -0.137. The number of benzene rings is 1. The maximum atomic E-state index is 13.1. The third kappa shape index (κ3) is 6.63. The molecule has 1 atom stereocenters. The summed E-state index contributed by atoms with van der Waals surface area (Å²) >= 11 is 0. The fourth-order valence-electron chi connectivity index (χ4n) is 3.92. The Balaban J connectivity index is 1.81. The summed E-state index contributed by atoms with van der Waals surface area (Å²) in [6, 6.07) is 12.4. The molecule has 9 nitrogen and oxygen atoms in total. The minimum atomic E-state index is -1.07. The van der Waals surface area contributed by atoms with E-state index in [4.69, 9.17) is 5.73 Å². The number of Topliss-reactive ketones (excluding diaryl/α,β-unsaturated/α-hetero) is 1. The number of carbonyl (C=O) groups is 3. The summed E-state index contributed by atoms with van der Waals surface area (Å²) in [5, 5.41) is 7.29. The van der Waals surface area contributed by atoms with E-state index in [-0.39, 0.29) is 5.56 Å². The number of hydrogen-bond donors (Lipinski definition) is 2. The average Bonchev–Trinajstić information content (AvgIpc) is 3.39. The van der Waals surface area contributed by atoms with Gasteiger partial charge in [0.05, 0.1) is 17.3 Å². The molecule has 0 saturated heterocycles. The molecule has 0 radical (unpaired) electrons. The van der Waals surface area contributed by atoms with Crippen LogP contribution in [-0.4, -0.2) is 56.4 Å². The predicted octanol–water partition coefficient (Wildman–Crippen LogP) is 3.12. The highest BCUT2D eigenvalue weighted by atomic mass is 16.2. The Morgan fingerprint density at radius 2 is 1.78 bits per heavy atom. The molecule has 0 spiro atoms. The molecule has 190 valence electrons. The van der Waals surface area contributed by atoms with Crippen LogP contribution in [0.3, 0.4) is 0 Å². The molecule has 1 unspecified atom stereocenters. The van der Waals surface area contributed by atoms with Crippen LogP contribution in [0.1, 0.15) is 56.0 Å². The zero-order valence-corrected chi connectivity index (χ0v) is 21.1. The van der Waals surface area contributed by atoms with Crippen LogP contribution in [0.2, 0.25) is 0 Å². The molecule has 3 rings (SSSR count). The largest absolute Gasteiger partial charge is 0.363 e. The number of unbranched alkanes of at least 4 members (excludes halogenated alkanes) is 1. The van der Waals surface area contributed by atoms with Crippen molar-refractivity contribution in [3.05, 3.63) is 66.0 Å². The van der Waals surface area contributed by atoms with Gasteiger partial charge < -0.3 is 11.1 Å². The van der Waals surface area contributed by atoms with Crippen molar-refractivity contribution in [3.8, 4) is 17.1 Å². The molecule has 2 aromatic heterocycles. The van der Waals surface area contributed by atoms with E-state index in [1.54, 1.807) is 24.5 Å². The van der Waals surface area contributed by atoms with E-state index < -0.39 is 23.6 Å². The van der Waals surface area contributed by atoms with Gasteiger partial charge in [0.2, 0.25) is 5.78 Å². The lowest BCUT2D eigenvalue weighted by Gasteiger charge is -2.18. The molecule has 1 aromatic carbocycles. The molecule has 0 saturated carbocycles. The van der Waals surface area contributed by atoms with Crippen LogP contribution < -0.4 is 11.1 Å². The van der Waals surface area contributed by atoms with E-state index in [9.17, 15) is 14.4 Å². The molecule has 9 heteroatoms. The molecular weight excluding hydrogens is 456 g/mol. The Bertz CT molecular complexity index is 1180. The Morgan fingerprint density at radius 1 is 1.06 bits per heavy atom. The number of amides is 2. The molecule has 0 fully saturated rings. The quantitative estimate of drug-likeness (QED) is 0.355. The Morgan fingerprint density at radius 3 is 2.42 bits per heavy atom. The third-order valence-electron chi connectivity index (χ3n) is 6.10. The summed E-state index contributed by atoms with van der Waals surface area (Å²) in [5.74, 6) is -2.08. The molecule has 3 N–H and O–H groups in total. The van der Waals surface area contributed by atoms with Gasteiger partial charge in [0.25, 0.3) is 11.8 Å². The second-order valence-corrected chi connectivity index (χ2v) is 8.58. The standard InChI is InChI=1S/C27H34N6O3/c1-4-7-10-23(24(34)25(28)35)30-27(36)21-9-8-16-29-26(21)33-17-15-22(31-33)20-13-11-19(12-14-20)18-32(5-2)6-3/h8-9,11-17,23H,4-7,10,18H2,1-3H3,(H2,28,35)(H,30,36). The molecule has 0 bridgehead atoms. The van der Waals surface area contributed by atoms with E-state index in [2.05, 4.69) is 46.3 Å². The number of nitrogens with zero attached hydrogens (tertiary/aromatic N) is 4. The maximum absolute atomic E-state index is 13.1. The summed E-state index contributed by atoms with van der Waals surface area (Å²) in [6.45, 7) is 9.15. The van der Waals surface area contributed by atoms with Gasteiger partial charge in [-0.1, -0.05) is 57.9 Å². The number of nitrogens with one attached hydrogen (secondary N) is 1. The van der Waals surface area contributed by atoms with Crippen LogP contribution in [0.15, 0.2) is 54.9 Å². The molecule has 36 heavy (non-hydrogen) atoms. The summed E-state index contributed by atoms with van der Waals surface area (Å²) in [7, 11) is 0. The fourth-order valence-corrected chi connectivity index (χ4v) is 3.92. The molecule has 2 heterocycles. The second-order valence-electron chi connectivity index (χ2n) is 8.58. The molecule has 0 aliphatic rings. The zero-order valence-electron chi connectivity index (χ0n) is 21.1. The molecular formula is C27H34N6O3. The van der Waals surface area contributed by atoms with Crippen molar-refractivity contribution in [2.45, 2.75) is 52.6 Å². The van der Waals surface area contributed by atoms with Crippen molar-refractivity contribution in [1.82, 2.24) is 25.0 Å². The monoisotopic (exact) mass is 490 g/mol. The predicted molar refractivity (Wildman–Crippen MR) is 138 cm³/mol. The van der Waals surface area contributed by atoms with Crippen molar-refractivity contribution in [3.63, 3.8) is 0 Å². The van der Waals surface area contributed by atoms with Gasteiger partial charge in [0.15, 0.2) is 5.82 Å². The SMILES string of the molecule is CCCCC(NC(=O)c1cccnc1-n1ccc(-c2ccc(CN(CC)CC)cc2)n1)C(=O)C(N)=O. The fraction of sp³-hybridized carbons (Fsp3) is 0.370. The second kappa shape index (κ2) is 12.7. The van der Waals surface area contributed by atoms with Crippen molar-refractivity contribution in [2.75, 3.05) is 13.1 Å². The highest BCUT2D eigenvalue weighted by Gasteiger charge is 2.26. The number of hydrogen-bond acceptors (Lipinski definition) is 6. The summed E-state index contributed by atoms with van der Waals surface area (Å²) in [6.07, 6.45) is 5.11. The average molecular weight is 491 g/mol. The number of aromatic nitrogens is 3. The van der Waals surface area contributed by atoms with Gasteiger partial charge in [-0.3, -0.25) is 19.3 Å². The van der Waals surface area contributed by atoms with Crippen molar-refractivity contribution < 1.29 is 14.4 Å². The van der Waals surface area contributed by atoms with E-state index in [0.29, 0.717) is 18.7 Å². The van der Waals surface area contributed by atoms with E-state index >= 15 is 0 Å². The van der Waals surface area contributed by atoms with Crippen LogP contribution >= 0.6 is 0 Å². The minimum absolute atomic E-state index is 0.237. The number of rotatable bonds is 13. The van der Waals surface area contributed by atoms with Crippen molar-refractivity contribution in [2.24, 2.45) is 5.73 Å². The topological polar surface area (TPSA) is 123 Å². The number of primary amides is 1. The van der Waals surface area contributed by atoms with Crippen LogP contribution in [-0.2, 0) is 16.1 Å². The number of nitrogens with two attached hydrogens (primary N) is 1. The number of carbonyl (C=O) groups excluding carboxylic acids is 3. The lowest BCUT2D eigenvalue weighted by Crippen LogP contribution is -2.46. The van der Waals surface area contributed by atoms with Crippen molar-refractivity contribution in [1.29, 1.82) is 0 Å². The first-order chi connectivity index (χ1) is 17.4. The first-order valence-corrected chi connectivity index (χ1v) is 12.3. The van der Waals surface area contributed by atoms with Gasteiger partial charge in [-0.15, -0.1) is 0 Å². The summed E-state index contributed by atoms with van der Waals surface area (Å²) < 4.78 is 1.53. The van der Waals surface area contributed by atoms with Crippen LogP contribution in [0.5, 0.6) is 0 Å². The van der Waals surface area contributed by atoms with Gasteiger partial charge in [0.1, 0.15) is 0 Å². The molecule has 0 aliphatic carbocycles. The van der Waals surface area contributed by atoms with Gasteiger partial charge in [-0.05, 0) is 43.3 Å². The normalized spacial score (nSPS) is 11.9. The van der Waals surface area contributed by atoms with Gasteiger partial charge in [-0.2, -0.15) is 5.10 Å². The van der Waals surface area contributed by atoms with Crippen LogP contribution in [0, 0.1) is 0 Å². The Kier molecular flexibility index (Phi) is 9.46. The van der Waals surface area contributed by atoms with E-state index in [1.165, 1.54) is 10.2 Å². The smallest absolute Gasteiger partial charge is 0.287 e. The summed E-state index contributed by atoms with van der Waals surface area (Å²) in [4.78, 5) is 43.5. The number of pyridine rings is 1. The zero-order chi connectivity index (χ0) is 26.1. The van der Waals surface area contributed by atoms with Gasteiger partial charge in [-0.25, -0.2) is 9.67 Å². The highest BCUT2D eigenvalue weighted by Crippen LogP contribution is 2.21. The highest BCUT2D eigenvalue weighted by molar-refractivity contribution is 6.38. The number of ketones is 1. The Labute approximate surface area is 211 Å². The third-order valence-corrected chi connectivity index (χ3v) is 6.10. The molecule has 2 amide bonds. The Hall–Kier alpha value is -3.85. The summed E-state index contributed by atoms with van der Waals surface area (Å²) in [5.41, 5.74) is 8.34. The van der Waals surface area contributed by atoms with E-state index in [1.807, 2.05) is 25.1 Å². The lowest BCUT2D eigenvalue weighted by atomic mass is 10.0. The first kappa shape index (κ1) is 26.7. The molecule has 0 aliphatic heterocycles. The van der Waals surface area contributed by atoms with Gasteiger partial charge in [0, 0.05) is 24.5 Å². The minimum Gasteiger partial charge on any atom is -0.363 e. The van der Waals surface area contributed by atoms with Crippen molar-refractivity contribution >= 4 is 17.6 Å². The van der Waals surface area contributed by atoms with Gasteiger partial charge >= 0.3 is 0 Å². The van der Waals surface area contributed by atoms with Crippen LogP contribution in [0.25, 0.3) is 17.1 Å². The first-order valence-electron chi connectivity index (χ1n) is 12.3. The van der Waals surface area contributed by atoms with Crippen LogP contribution in [0.4, 0.5) is 0 Å². The maximum Gasteiger partial charge on any atom is 0.287 e.